The van der Waals surface area contributed by atoms with E-state index in [0.29, 0.717) is 24.8 Å². The number of aromatic hydroxyl groups is 1. The van der Waals surface area contributed by atoms with E-state index in [1.807, 2.05) is 43.3 Å². The van der Waals surface area contributed by atoms with Crippen molar-refractivity contribution < 1.29 is 33.5 Å². The van der Waals surface area contributed by atoms with E-state index in [1.165, 1.54) is 12.1 Å². The van der Waals surface area contributed by atoms with Crippen molar-refractivity contribution in [3.8, 4) is 11.5 Å². The minimum atomic E-state index is -1.05. The molecule has 2 N–H and O–H groups in total. The monoisotopic (exact) mass is 601 g/mol. The molecule has 2 aromatic carbocycles. The number of rotatable bonds is 9. The molecule has 4 atom stereocenters. The third kappa shape index (κ3) is 6.22. The number of allylic oxidation sites excluding steroid dienone is 1. The van der Waals surface area contributed by atoms with Gasteiger partial charge in [0.15, 0.2) is 11.6 Å². The fourth-order valence-corrected chi connectivity index (χ4v) is 7.82. The van der Waals surface area contributed by atoms with E-state index in [4.69, 9.17) is 9.39 Å². The Labute approximate surface area is 258 Å². The van der Waals surface area contributed by atoms with E-state index in [1.54, 1.807) is 11.0 Å². The maximum absolute atomic E-state index is 14.0. The molecule has 2 aliphatic carbocycles. The highest BCUT2D eigenvalue weighted by Crippen LogP contribution is 2.51. The van der Waals surface area contributed by atoms with Crippen LogP contribution < -0.4 is 4.74 Å². The zero-order chi connectivity index (χ0) is 30.8. The molecule has 9 heteroatoms. The molecule has 0 spiro atoms. The summed E-state index contributed by atoms with van der Waals surface area (Å²) in [4.78, 5) is 29.5. The van der Waals surface area contributed by atoms with Gasteiger partial charge in [-0.05, 0) is 91.7 Å². The van der Waals surface area contributed by atoms with Gasteiger partial charge in [-0.3, -0.25) is 14.5 Å². The zero-order valence-electron chi connectivity index (χ0n) is 25.3. The number of hydrogen-bond acceptors (Lipinski definition) is 6. The van der Waals surface area contributed by atoms with Crippen molar-refractivity contribution in [3.63, 3.8) is 0 Å². The molecular formula is C35H41BFNO6. The Kier molecular flexibility index (Phi) is 9.24. The summed E-state index contributed by atoms with van der Waals surface area (Å²) >= 11 is 0. The minimum absolute atomic E-state index is 0.0376. The Bertz CT molecular complexity index is 1440. The van der Waals surface area contributed by atoms with Crippen LogP contribution in [0.5, 0.6) is 11.5 Å². The Hall–Kier alpha value is -3.43. The van der Waals surface area contributed by atoms with E-state index < -0.39 is 30.9 Å². The van der Waals surface area contributed by atoms with Gasteiger partial charge in [-0.15, -0.1) is 0 Å². The topological polar surface area (TPSA) is 96.3 Å². The van der Waals surface area contributed by atoms with Crippen LogP contribution in [0.4, 0.5) is 4.39 Å². The summed E-state index contributed by atoms with van der Waals surface area (Å²) in [7, 11) is -1.05. The molecule has 0 radical (unpaired) electrons. The number of carbonyl (C=O) groups excluding carboxylic acids is 2. The first-order chi connectivity index (χ1) is 21.3. The van der Waals surface area contributed by atoms with Crippen molar-refractivity contribution in [3.05, 3.63) is 76.6 Å². The number of fused-ring (bicyclic) bond motifs is 3. The van der Waals surface area contributed by atoms with Gasteiger partial charge in [0.1, 0.15) is 12.4 Å². The molecule has 2 amide bonds. The summed E-state index contributed by atoms with van der Waals surface area (Å²) < 4.78 is 26.4. The second-order valence-electron chi connectivity index (χ2n) is 12.7. The molecule has 0 aromatic heterocycles. The van der Waals surface area contributed by atoms with Crippen molar-refractivity contribution >= 4 is 25.0 Å². The van der Waals surface area contributed by atoms with Gasteiger partial charge >= 0.3 is 7.12 Å². The number of halogens is 1. The molecule has 1 saturated carbocycles. The number of likely N-dealkylation sites (tertiary alicyclic amines) is 1. The highest BCUT2D eigenvalue weighted by Gasteiger charge is 2.58. The van der Waals surface area contributed by atoms with Crippen molar-refractivity contribution in [1.82, 2.24) is 4.90 Å². The molecule has 2 aliphatic heterocycles. The van der Waals surface area contributed by atoms with Gasteiger partial charge in [0, 0.05) is 6.04 Å². The summed E-state index contributed by atoms with van der Waals surface area (Å²) in [5.41, 5.74) is 3.70. The molecule has 7 nitrogen and oxygen atoms in total. The van der Waals surface area contributed by atoms with Crippen molar-refractivity contribution in [2.45, 2.75) is 83.2 Å². The number of hydrogen-bond donors (Lipinski definition) is 2. The van der Waals surface area contributed by atoms with E-state index in [9.17, 15) is 24.1 Å². The van der Waals surface area contributed by atoms with Gasteiger partial charge in [0.25, 0.3) is 0 Å². The van der Waals surface area contributed by atoms with E-state index in [2.05, 4.69) is 0 Å². The molecule has 232 valence electrons. The van der Waals surface area contributed by atoms with Crippen LogP contribution in [0.2, 0.25) is 6.32 Å². The van der Waals surface area contributed by atoms with Crippen LogP contribution in [0.1, 0.15) is 70.3 Å². The summed E-state index contributed by atoms with van der Waals surface area (Å²) in [6.45, 7) is 2.32. The number of benzene rings is 2. The van der Waals surface area contributed by atoms with Crippen LogP contribution in [0.3, 0.4) is 0 Å². The Morgan fingerprint density at radius 2 is 1.86 bits per heavy atom. The van der Waals surface area contributed by atoms with E-state index in [-0.39, 0.29) is 42.5 Å². The van der Waals surface area contributed by atoms with Gasteiger partial charge in [0.2, 0.25) is 11.8 Å². The van der Waals surface area contributed by atoms with Crippen molar-refractivity contribution in [1.29, 1.82) is 0 Å². The molecule has 2 aromatic rings. The van der Waals surface area contributed by atoms with Crippen LogP contribution in [-0.4, -0.2) is 52.7 Å². The first kappa shape index (κ1) is 30.6. The van der Waals surface area contributed by atoms with Gasteiger partial charge < -0.3 is 19.5 Å². The lowest BCUT2D eigenvalue weighted by atomic mass is 9.58. The third-order valence-electron chi connectivity index (χ3n) is 9.96. The number of para-hydroxylation sites is 1. The molecule has 2 saturated heterocycles. The zero-order valence-corrected chi connectivity index (χ0v) is 25.3. The Morgan fingerprint density at radius 3 is 2.59 bits per heavy atom. The van der Waals surface area contributed by atoms with Gasteiger partial charge in [-0.2, -0.15) is 0 Å². The van der Waals surface area contributed by atoms with E-state index in [0.717, 1.165) is 61.0 Å². The molecule has 0 unspecified atom stereocenters. The molecule has 3 fully saturated rings. The summed E-state index contributed by atoms with van der Waals surface area (Å²) in [5, 5.41) is 20.5. The first-order valence-corrected chi connectivity index (χ1v) is 16.1. The molecule has 2 heterocycles. The fourth-order valence-electron chi connectivity index (χ4n) is 7.82. The van der Waals surface area contributed by atoms with Crippen LogP contribution in [-0.2, 0) is 14.2 Å². The minimum Gasteiger partial charge on any atom is -0.505 e. The fraction of sp³-hybridized carbons (Fsp3) is 0.486. The molecule has 44 heavy (non-hydrogen) atoms. The van der Waals surface area contributed by atoms with Crippen LogP contribution in [0.25, 0.3) is 6.08 Å². The number of imide groups is 1. The van der Waals surface area contributed by atoms with Crippen LogP contribution in [0.15, 0.2) is 65.3 Å². The SMILES string of the molecule is CC/C(=C\c1ccc(O)c(F)c1)CC[C@H]1OB(O)C[C@H]2C1=C(COc1ccccc1)C[C@H]1C(=O)N(C3CCCCC3)C(=O)[C@H]12. The number of nitrogens with zero attached hydrogens (tertiary/aromatic N) is 1. The number of amides is 2. The molecular weight excluding hydrogens is 560 g/mol. The summed E-state index contributed by atoms with van der Waals surface area (Å²) in [6.07, 6.45) is 9.01. The maximum atomic E-state index is 14.0. The van der Waals surface area contributed by atoms with Crippen molar-refractivity contribution in [2.75, 3.05) is 6.61 Å². The van der Waals surface area contributed by atoms with Crippen molar-refractivity contribution in [2.24, 2.45) is 17.8 Å². The highest BCUT2D eigenvalue weighted by molar-refractivity contribution is 6.43. The molecule has 6 rings (SSSR count). The highest BCUT2D eigenvalue weighted by atomic mass is 19.1. The maximum Gasteiger partial charge on any atom is 0.455 e. The molecule has 4 aliphatic rings. The number of phenolic OH excluding ortho intramolecular Hbond substituents is 1. The van der Waals surface area contributed by atoms with Crippen LogP contribution >= 0.6 is 0 Å². The lowest BCUT2D eigenvalue weighted by molar-refractivity contribution is -0.143. The average Bonchev–Trinajstić information content (AvgIpc) is 3.29. The number of carbonyl (C=O) groups is 2. The summed E-state index contributed by atoms with van der Waals surface area (Å²) in [6, 6.07) is 13.8. The predicted molar refractivity (Wildman–Crippen MR) is 166 cm³/mol. The van der Waals surface area contributed by atoms with Gasteiger partial charge in [-0.25, -0.2) is 4.39 Å². The molecule has 0 bridgehead atoms. The Balaban J connectivity index is 1.30. The van der Waals surface area contributed by atoms with Gasteiger partial charge in [-0.1, -0.05) is 62.1 Å². The lowest BCUT2D eigenvalue weighted by Gasteiger charge is -2.43. The van der Waals surface area contributed by atoms with Crippen LogP contribution in [0, 0.1) is 23.6 Å². The smallest absolute Gasteiger partial charge is 0.455 e. The van der Waals surface area contributed by atoms with Gasteiger partial charge in [0.05, 0.1) is 17.9 Å². The Morgan fingerprint density at radius 1 is 1.09 bits per heavy atom. The second kappa shape index (κ2) is 13.3. The van der Waals surface area contributed by atoms with E-state index >= 15 is 0 Å². The normalized spacial score (nSPS) is 26.2. The number of ether oxygens (including phenoxy) is 1. The first-order valence-electron chi connectivity index (χ1n) is 16.1. The second-order valence-corrected chi connectivity index (χ2v) is 12.7. The summed E-state index contributed by atoms with van der Waals surface area (Å²) in [5.74, 6) is -1.74. The standard InChI is InChI=1S/C35H41BFNO6/c1-2-22(17-23-13-15-30(39)29(37)18-23)14-16-31-32-24(21-43-26-11-7-4-8-12-26)19-27-33(28(32)20-36(42)44-31)35(41)38(34(27)40)25-9-5-3-6-10-25/h4,7-8,11-13,15,17-18,25,27-28,31,33,39,42H,2-3,5-6,9-10,14,16,19-21H2,1H3/b22-17+/t27-,28+,31-,33-/m1/s1. The largest absolute Gasteiger partial charge is 0.505 e. The average molecular weight is 602 g/mol. The third-order valence-corrected chi connectivity index (χ3v) is 9.96. The lowest BCUT2D eigenvalue weighted by Crippen LogP contribution is -2.47. The predicted octanol–water partition coefficient (Wildman–Crippen LogP) is 6.31. The number of phenols is 1. The quantitative estimate of drug-likeness (QED) is 0.199.